The Balaban J connectivity index is 0.00000169. The van der Waals surface area contributed by atoms with Crippen LogP contribution < -0.4 is 0 Å². The Hall–Kier alpha value is 0.424. The van der Waals surface area contributed by atoms with Gasteiger partial charge in [0.2, 0.25) is 0 Å². The third-order valence-electron chi connectivity index (χ3n) is 2.38. The van der Waals surface area contributed by atoms with Crippen LogP contribution in [0, 0.1) is 0 Å². The number of aliphatic hydroxyl groups excluding tert-OH is 1. The topological polar surface area (TPSA) is 35.9 Å². The maximum absolute atomic E-state index is 8.49. The molecule has 1 radical (unpaired) electrons. The van der Waals surface area contributed by atoms with Crippen molar-refractivity contribution in [1.29, 1.82) is 0 Å². The summed E-state index contributed by atoms with van der Waals surface area (Å²) in [5, 5.41) is 8.49. The zero-order valence-corrected chi connectivity index (χ0v) is 10.3. The second-order valence-corrected chi connectivity index (χ2v) is 3.48. The van der Waals surface area contributed by atoms with Gasteiger partial charge in [0, 0.05) is 51.3 Å². The predicted octanol–water partition coefficient (Wildman–Crippen LogP) is -0.760. The average molecular weight is 239 g/mol. The maximum Gasteiger partial charge on any atom is 0.0698 e. The van der Waals surface area contributed by atoms with Gasteiger partial charge in [-0.25, -0.2) is 0 Å². The molecule has 1 rings (SSSR count). The summed E-state index contributed by atoms with van der Waals surface area (Å²) >= 11 is 0. The van der Waals surface area contributed by atoms with Crippen LogP contribution in [-0.4, -0.2) is 74.5 Å². The molecule has 0 aliphatic carbocycles. The van der Waals surface area contributed by atoms with Crippen LogP contribution in [0.5, 0.6) is 0 Å². The number of ether oxygens (including phenoxy) is 1. The van der Waals surface area contributed by atoms with Gasteiger partial charge in [0.15, 0.2) is 0 Å². The van der Waals surface area contributed by atoms with Crippen molar-refractivity contribution in [2.45, 2.75) is 0 Å². The van der Waals surface area contributed by atoms with Crippen LogP contribution in [0.4, 0.5) is 0 Å². The van der Waals surface area contributed by atoms with Crippen LogP contribution in [-0.2, 0) is 23.3 Å². The van der Waals surface area contributed by atoms with Crippen molar-refractivity contribution in [3.05, 3.63) is 0 Å². The number of piperazine rings is 1. The molecular formula is C9H20N2O2V. The molecule has 1 heterocycles. The Morgan fingerprint density at radius 1 is 1.14 bits per heavy atom. The van der Waals surface area contributed by atoms with Gasteiger partial charge in [0.1, 0.15) is 0 Å². The molecule has 1 saturated heterocycles. The largest absolute Gasteiger partial charge is 0.394 e. The van der Waals surface area contributed by atoms with Crippen molar-refractivity contribution in [2.24, 2.45) is 0 Å². The normalized spacial score (nSPS) is 19.3. The van der Waals surface area contributed by atoms with Crippen molar-refractivity contribution >= 4 is 0 Å². The Morgan fingerprint density at radius 2 is 1.79 bits per heavy atom. The Morgan fingerprint density at radius 3 is 2.36 bits per heavy atom. The number of aliphatic hydroxyl groups is 1. The van der Waals surface area contributed by atoms with E-state index in [1.54, 1.807) is 0 Å². The fourth-order valence-electron chi connectivity index (χ4n) is 1.43. The smallest absolute Gasteiger partial charge is 0.0698 e. The molecule has 1 fully saturated rings. The van der Waals surface area contributed by atoms with Gasteiger partial charge < -0.3 is 14.7 Å². The molecule has 0 bridgehead atoms. The number of likely N-dealkylation sites (N-methyl/N-ethyl adjacent to an activating group) is 1. The summed E-state index contributed by atoms with van der Waals surface area (Å²) in [5.74, 6) is 0. The molecule has 0 aromatic rings. The summed E-state index contributed by atoms with van der Waals surface area (Å²) in [5.41, 5.74) is 0. The van der Waals surface area contributed by atoms with E-state index >= 15 is 0 Å². The van der Waals surface area contributed by atoms with Crippen molar-refractivity contribution in [2.75, 3.05) is 59.6 Å². The van der Waals surface area contributed by atoms with Gasteiger partial charge in [-0.15, -0.1) is 0 Å². The molecule has 14 heavy (non-hydrogen) atoms. The minimum absolute atomic E-state index is 0. The summed E-state index contributed by atoms with van der Waals surface area (Å²) in [7, 11) is 2.15. The van der Waals surface area contributed by atoms with E-state index in [0.29, 0.717) is 6.61 Å². The zero-order valence-electron chi connectivity index (χ0n) is 8.85. The van der Waals surface area contributed by atoms with Crippen LogP contribution in [0.1, 0.15) is 0 Å². The molecular weight excluding hydrogens is 219 g/mol. The van der Waals surface area contributed by atoms with Crippen molar-refractivity contribution in [1.82, 2.24) is 9.80 Å². The second-order valence-electron chi connectivity index (χ2n) is 3.48. The maximum atomic E-state index is 8.49. The first-order chi connectivity index (χ1) is 6.33. The molecule has 1 aliphatic heterocycles. The fraction of sp³-hybridized carbons (Fsp3) is 1.00. The average Bonchev–Trinajstić information content (AvgIpc) is 2.15. The molecule has 0 aromatic heterocycles. The molecule has 0 atom stereocenters. The minimum Gasteiger partial charge on any atom is -0.394 e. The summed E-state index contributed by atoms with van der Waals surface area (Å²) in [6, 6.07) is 0. The van der Waals surface area contributed by atoms with Crippen molar-refractivity contribution < 1.29 is 28.4 Å². The Labute approximate surface area is 98.1 Å². The SMILES string of the molecule is CN1CCN(CCOCCO)CC1.[V]. The van der Waals surface area contributed by atoms with E-state index < -0.39 is 0 Å². The molecule has 1 aliphatic rings. The molecule has 83 valence electrons. The predicted molar refractivity (Wildman–Crippen MR) is 51.8 cm³/mol. The van der Waals surface area contributed by atoms with Gasteiger partial charge in [0.05, 0.1) is 19.8 Å². The van der Waals surface area contributed by atoms with E-state index in [9.17, 15) is 0 Å². The van der Waals surface area contributed by atoms with Gasteiger partial charge in [-0.05, 0) is 7.05 Å². The summed E-state index contributed by atoms with van der Waals surface area (Å²) < 4.78 is 5.21. The van der Waals surface area contributed by atoms with Gasteiger partial charge >= 0.3 is 0 Å². The van der Waals surface area contributed by atoms with Crippen LogP contribution >= 0.6 is 0 Å². The van der Waals surface area contributed by atoms with Crippen molar-refractivity contribution in [3.8, 4) is 0 Å². The van der Waals surface area contributed by atoms with Crippen LogP contribution in [0.2, 0.25) is 0 Å². The number of nitrogens with zero attached hydrogens (tertiary/aromatic N) is 2. The zero-order chi connectivity index (χ0) is 9.52. The molecule has 1 N–H and O–H groups in total. The number of hydrogen-bond donors (Lipinski definition) is 1. The van der Waals surface area contributed by atoms with Gasteiger partial charge in [-0.1, -0.05) is 0 Å². The first kappa shape index (κ1) is 14.4. The molecule has 4 nitrogen and oxygen atoms in total. The summed E-state index contributed by atoms with van der Waals surface area (Å²) in [4.78, 5) is 4.74. The van der Waals surface area contributed by atoms with Gasteiger partial charge in [-0.2, -0.15) is 0 Å². The van der Waals surface area contributed by atoms with Gasteiger partial charge in [-0.3, -0.25) is 4.90 Å². The van der Waals surface area contributed by atoms with E-state index in [1.165, 1.54) is 0 Å². The first-order valence-corrected chi connectivity index (χ1v) is 4.92. The fourth-order valence-corrected chi connectivity index (χ4v) is 1.43. The number of rotatable bonds is 5. The van der Waals surface area contributed by atoms with E-state index in [0.717, 1.165) is 39.3 Å². The third kappa shape index (κ3) is 6.01. The molecule has 0 spiro atoms. The van der Waals surface area contributed by atoms with Crippen LogP contribution in [0.25, 0.3) is 0 Å². The molecule has 0 amide bonds. The third-order valence-corrected chi connectivity index (χ3v) is 2.38. The van der Waals surface area contributed by atoms with Crippen LogP contribution in [0.3, 0.4) is 0 Å². The van der Waals surface area contributed by atoms with E-state index in [2.05, 4.69) is 16.8 Å². The minimum atomic E-state index is 0. The first-order valence-electron chi connectivity index (χ1n) is 4.92. The Kier molecular flexibility index (Phi) is 8.97. The van der Waals surface area contributed by atoms with Crippen LogP contribution in [0.15, 0.2) is 0 Å². The molecule has 0 unspecified atom stereocenters. The standard InChI is InChI=1S/C9H20N2O2.V/c1-10-2-4-11(5-3-10)6-8-13-9-7-12;/h12H,2-9H2,1H3;. The number of hydrogen-bond acceptors (Lipinski definition) is 4. The van der Waals surface area contributed by atoms with Gasteiger partial charge in [0.25, 0.3) is 0 Å². The second kappa shape index (κ2) is 8.71. The molecule has 0 aromatic carbocycles. The molecule has 5 heteroatoms. The van der Waals surface area contributed by atoms with E-state index in [1.807, 2.05) is 0 Å². The quantitative estimate of drug-likeness (QED) is 0.640. The summed E-state index contributed by atoms with van der Waals surface area (Å²) in [6.07, 6.45) is 0. The summed E-state index contributed by atoms with van der Waals surface area (Å²) in [6.45, 7) is 6.91. The van der Waals surface area contributed by atoms with E-state index in [-0.39, 0.29) is 25.2 Å². The van der Waals surface area contributed by atoms with Crippen molar-refractivity contribution in [3.63, 3.8) is 0 Å². The molecule has 0 saturated carbocycles. The Bertz CT molecular complexity index is 130. The van der Waals surface area contributed by atoms with E-state index in [4.69, 9.17) is 9.84 Å². The monoisotopic (exact) mass is 239 g/mol.